The number of alkyl halides is 2. The minimum Gasteiger partial charge on any atom is -0.454 e. The number of nitrogens with one attached hydrogen (secondary N) is 1. The Labute approximate surface area is 150 Å². The first-order chi connectivity index (χ1) is 11.5. The van der Waals surface area contributed by atoms with Gasteiger partial charge in [-0.3, -0.25) is 4.79 Å². The highest BCUT2D eigenvalue weighted by Crippen LogP contribution is 2.39. The molecule has 1 aliphatic rings. The number of rotatable bonds is 9. The molecule has 0 bridgehead atoms. The second kappa shape index (κ2) is 10.2. The smallest absolute Gasteiger partial charge is 0.387 e. The number of fused-ring (bicyclic) bond motifs is 1. The van der Waals surface area contributed by atoms with Gasteiger partial charge in [0.2, 0.25) is 12.7 Å². The van der Waals surface area contributed by atoms with Crippen LogP contribution in [0.4, 0.5) is 8.78 Å². The summed E-state index contributed by atoms with van der Waals surface area (Å²) in [4.78, 5) is 13.5. The van der Waals surface area contributed by atoms with E-state index in [-0.39, 0.29) is 43.9 Å². The minimum atomic E-state index is -2.97. The van der Waals surface area contributed by atoms with Crippen LogP contribution in [0.5, 0.6) is 17.2 Å². The molecule has 25 heavy (non-hydrogen) atoms. The first-order valence-corrected chi connectivity index (χ1v) is 7.32. The molecule has 0 atom stereocenters. The zero-order valence-corrected chi connectivity index (χ0v) is 14.7. The molecule has 142 valence electrons. The average Bonchev–Trinajstić information content (AvgIpc) is 2.98. The van der Waals surface area contributed by atoms with Crippen LogP contribution in [-0.4, -0.2) is 58.1 Å². The summed E-state index contributed by atoms with van der Waals surface area (Å²) in [5.41, 5.74) is 0.410. The third-order valence-corrected chi connectivity index (χ3v) is 3.36. The molecule has 2 rings (SSSR count). The van der Waals surface area contributed by atoms with Gasteiger partial charge in [-0.05, 0) is 6.07 Å². The van der Waals surface area contributed by atoms with Crippen molar-refractivity contribution in [2.75, 3.05) is 40.6 Å². The van der Waals surface area contributed by atoms with Crippen molar-refractivity contribution in [1.82, 2.24) is 10.2 Å². The Bertz CT molecular complexity index is 577. The number of amides is 1. The number of methoxy groups -OCH3 is 1. The molecule has 1 N–H and O–H groups in total. The van der Waals surface area contributed by atoms with Gasteiger partial charge in [0.15, 0.2) is 11.5 Å². The van der Waals surface area contributed by atoms with Crippen molar-refractivity contribution in [3.8, 4) is 17.2 Å². The fraction of sp³-hybridized carbons (Fsp3) is 0.533. The molecule has 0 aromatic heterocycles. The molecule has 0 saturated carbocycles. The van der Waals surface area contributed by atoms with Gasteiger partial charge in [0.1, 0.15) is 5.75 Å². The summed E-state index contributed by atoms with van der Waals surface area (Å²) in [6.07, 6.45) is 0. The highest BCUT2D eigenvalue weighted by molar-refractivity contribution is 5.85. The quantitative estimate of drug-likeness (QED) is 0.655. The maximum absolute atomic E-state index is 12.6. The van der Waals surface area contributed by atoms with Crippen LogP contribution in [-0.2, 0) is 16.1 Å². The second-order valence-electron chi connectivity index (χ2n) is 5.11. The van der Waals surface area contributed by atoms with Gasteiger partial charge in [-0.25, -0.2) is 0 Å². The van der Waals surface area contributed by atoms with Crippen molar-refractivity contribution in [2.24, 2.45) is 0 Å². The van der Waals surface area contributed by atoms with Gasteiger partial charge < -0.3 is 29.2 Å². The van der Waals surface area contributed by atoms with E-state index in [1.54, 1.807) is 20.2 Å². The molecule has 1 aromatic carbocycles. The van der Waals surface area contributed by atoms with Gasteiger partial charge in [-0.15, -0.1) is 12.4 Å². The molecule has 0 saturated heterocycles. The number of halogens is 3. The van der Waals surface area contributed by atoms with Crippen LogP contribution in [0.15, 0.2) is 12.1 Å². The largest absolute Gasteiger partial charge is 0.454 e. The van der Waals surface area contributed by atoms with E-state index >= 15 is 0 Å². The lowest BCUT2D eigenvalue weighted by molar-refractivity contribution is -0.129. The molecule has 1 aromatic rings. The summed E-state index contributed by atoms with van der Waals surface area (Å²) in [6, 6.07) is 2.89. The normalized spacial score (nSPS) is 12.0. The Morgan fingerprint density at radius 2 is 2.04 bits per heavy atom. The second-order valence-corrected chi connectivity index (χ2v) is 5.11. The summed E-state index contributed by atoms with van der Waals surface area (Å²) in [5.74, 6) is 0.545. The van der Waals surface area contributed by atoms with Crippen LogP contribution in [0.1, 0.15) is 5.56 Å². The van der Waals surface area contributed by atoms with Crippen molar-refractivity contribution in [1.29, 1.82) is 0 Å². The third-order valence-electron chi connectivity index (χ3n) is 3.36. The Hall–Kier alpha value is -1.84. The number of carbonyl (C=O) groups excluding carboxylic acids is 1. The molecule has 0 unspecified atom stereocenters. The fourth-order valence-corrected chi connectivity index (χ4v) is 2.14. The molecule has 10 heteroatoms. The first-order valence-electron chi connectivity index (χ1n) is 7.32. The van der Waals surface area contributed by atoms with Gasteiger partial charge in [-0.2, -0.15) is 8.78 Å². The van der Waals surface area contributed by atoms with E-state index in [4.69, 9.17) is 14.2 Å². The predicted octanol–water partition coefficient (Wildman–Crippen LogP) is 1.63. The molecular weight excluding hydrogens is 362 g/mol. The van der Waals surface area contributed by atoms with Crippen molar-refractivity contribution in [3.05, 3.63) is 17.7 Å². The van der Waals surface area contributed by atoms with Crippen LogP contribution in [0.2, 0.25) is 0 Å². The summed E-state index contributed by atoms with van der Waals surface area (Å²) in [7, 11) is 3.15. The molecule has 1 aliphatic heterocycles. The van der Waals surface area contributed by atoms with Gasteiger partial charge in [0, 0.05) is 38.9 Å². The number of hydrogen-bond acceptors (Lipinski definition) is 6. The highest BCUT2D eigenvalue weighted by atomic mass is 35.5. The van der Waals surface area contributed by atoms with E-state index in [1.165, 1.54) is 11.0 Å². The summed E-state index contributed by atoms with van der Waals surface area (Å²) in [5, 5.41) is 2.93. The first kappa shape index (κ1) is 21.2. The van der Waals surface area contributed by atoms with Crippen molar-refractivity contribution in [2.45, 2.75) is 13.2 Å². The van der Waals surface area contributed by atoms with E-state index in [0.29, 0.717) is 30.2 Å². The molecule has 0 radical (unpaired) electrons. The van der Waals surface area contributed by atoms with Crippen LogP contribution < -0.4 is 19.5 Å². The average molecular weight is 383 g/mol. The van der Waals surface area contributed by atoms with Crippen LogP contribution in [0, 0.1) is 0 Å². The lowest BCUT2D eigenvalue weighted by Crippen LogP contribution is -2.36. The number of nitrogens with zero attached hydrogens (tertiary/aromatic N) is 1. The summed E-state index contributed by atoms with van der Waals surface area (Å²) < 4.78 is 45.0. The molecule has 0 spiro atoms. The minimum absolute atomic E-state index is 0. The number of likely N-dealkylation sites (N-methyl/N-ethyl adjacent to an activating group) is 1. The van der Waals surface area contributed by atoms with E-state index < -0.39 is 6.61 Å². The number of carbonyl (C=O) groups is 1. The Morgan fingerprint density at radius 1 is 1.36 bits per heavy atom. The maximum atomic E-state index is 12.6. The lowest BCUT2D eigenvalue weighted by atomic mass is 10.1. The number of hydrogen-bond donors (Lipinski definition) is 1. The van der Waals surface area contributed by atoms with Crippen molar-refractivity contribution in [3.63, 3.8) is 0 Å². The molecule has 7 nitrogen and oxygen atoms in total. The summed E-state index contributed by atoms with van der Waals surface area (Å²) >= 11 is 0. The van der Waals surface area contributed by atoms with Crippen molar-refractivity contribution >= 4 is 18.3 Å². The molecular formula is C15H21ClF2N2O5. The highest BCUT2D eigenvalue weighted by Gasteiger charge is 2.21. The third kappa shape index (κ3) is 6.18. The molecule has 0 aliphatic carbocycles. The Balaban J connectivity index is 0.00000312. The Kier molecular flexibility index (Phi) is 8.67. The molecule has 1 heterocycles. The predicted molar refractivity (Wildman–Crippen MR) is 87.7 cm³/mol. The SMILES string of the molecule is COCCNCC(=O)N(C)Cc1cc2c(cc1OC(F)F)OCO2.Cl. The Morgan fingerprint density at radius 3 is 2.68 bits per heavy atom. The topological polar surface area (TPSA) is 69.3 Å². The lowest BCUT2D eigenvalue weighted by Gasteiger charge is -2.20. The van der Waals surface area contributed by atoms with Crippen LogP contribution in [0.25, 0.3) is 0 Å². The van der Waals surface area contributed by atoms with Crippen LogP contribution in [0.3, 0.4) is 0 Å². The monoisotopic (exact) mass is 382 g/mol. The fourth-order valence-electron chi connectivity index (χ4n) is 2.14. The zero-order chi connectivity index (χ0) is 17.5. The number of ether oxygens (including phenoxy) is 4. The van der Waals surface area contributed by atoms with Gasteiger partial charge in [-0.1, -0.05) is 0 Å². The van der Waals surface area contributed by atoms with E-state index in [1.807, 2.05) is 0 Å². The van der Waals surface area contributed by atoms with E-state index in [9.17, 15) is 13.6 Å². The van der Waals surface area contributed by atoms with Gasteiger partial charge in [0.05, 0.1) is 13.2 Å². The summed E-state index contributed by atoms with van der Waals surface area (Å²) in [6.45, 7) is -1.70. The van der Waals surface area contributed by atoms with E-state index in [0.717, 1.165) is 0 Å². The van der Waals surface area contributed by atoms with E-state index in [2.05, 4.69) is 10.1 Å². The molecule has 1 amide bonds. The van der Waals surface area contributed by atoms with Crippen molar-refractivity contribution < 1.29 is 32.5 Å². The molecule has 0 fully saturated rings. The maximum Gasteiger partial charge on any atom is 0.387 e. The number of benzene rings is 1. The zero-order valence-electron chi connectivity index (χ0n) is 13.9. The van der Waals surface area contributed by atoms with Gasteiger partial charge in [0.25, 0.3) is 0 Å². The van der Waals surface area contributed by atoms with Crippen LogP contribution >= 0.6 is 12.4 Å². The van der Waals surface area contributed by atoms with Gasteiger partial charge >= 0.3 is 6.61 Å². The standard InChI is InChI=1S/C15H20F2N2O5.ClH/c1-19(14(20)7-18-3-4-21-2)8-10-5-12-13(23-9-22-12)6-11(10)24-15(16)17;/h5-6,15,18H,3-4,7-9H2,1-2H3;1H.